The zero-order valence-electron chi connectivity index (χ0n) is 11.6. The molecule has 1 saturated carbocycles. The van der Waals surface area contributed by atoms with E-state index in [9.17, 15) is 13.2 Å². The van der Waals surface area contributed by atoms with Gasteiger partial charge in [-0.05, 0) is 25.0 Å². The standard InChI is InChI=1S/C14H19NO3S/c1-9-5-7-12(8-6-9)19(17,18)15(4)13-10(2)11(3)14(13)16/h5-8,10-11,13H,1-4H3/t10-,11+,13?/m0/s1. The van der Waals surface area contributed by atoms with E-state index < -0.39 is 16.1 Å². The molecule has 1 aromatic rings. The summed E-state index contributed by atoms with van der Waals surface area (Å²) in [4.78, 5) is 12.1. The van der Waals surface area contributed by atoms with E-state index in [4.69, 9.17) is 0 Å². The number of carbonyl (C=O) groups excluding carboxylic acids is 1. The molecule has 1 aliphatic carbocycles. The Morgan fingerprint density at radius 2 is 1.63 bits per heavy atom. The van der Waals surface area contributed by atoms with Crippen LogP contribution in [0.1, 0.15) is 19.4 Å². The minimum atomic E-state index is -3.59. The van der Waals surface area contributed by atoms with Gasteiger partial charge in [0.15, 0.2) is 5.78 Å². The van der Waals surface area contributed by atoms with Crippen molar-refractivity contribution in [2.24, 2.45) is 11.8 Å². The highest BCUT2D eigenvalue weighted by atomic mass is 32.2. The van der Waals surface area contributed by atoms with Crippen LogP contribution in [0.25, 0.3) is 0 Å². The van der Waals surface area contributed by atoms with Crippen LogP contribution in [0.3, 0.4) is 0 Å². The maximum atomic E-state index is 12.4. The number of aryl methyl sites for hydroxylation is 1. The molecule has 1 unspecified atom stereocenters. The van der Waals surface area contributed by atoms with Crippen molar-refractivity contribution in [3.63, 3.8) is 0 Å². The van der Waals surface area contributed by atoms with E-state index in [1.54, 1.807) is 24.3 Å². The van der Waals surface area contributed by atoms with Crippen molar-refractivity contribution >= 4 is 15.8 Å². The minimum absolute atomic E-state index is 0.00527. The van der Waals surface area contributed by atoms with Gasteiger partial charge in [0.25, 0.3) is 0 Å². The number of hydrogen-bond donors (Lipinski definition) is 0. The third-order valence-corrected chi connectivity index (χ3v) is 5.97. The normalized spacial score (nSPS) is 27.4. The first-order chi connectivity index (χ1) is 8.76. The van der Waals surface area contributed by atoms with Crippen LogP contribution in [0.4, 0.5) is 0 Å². The predicted octanol–water partition coefficient (Wildman–Crippen LogP) is 1.84. The second-order valence-electron chi connectivity index (χ2n) is 5.33. The molecule has 0 amide bonds. The van der Waals surface area contributed by atoms with Gasteiger partial charge < -0.3 is 0 Å². The summed E-state index contributed by atoms with van der Waals surface area (Å²) in [5, 5.41) is 0. The molecule has 0 saturated heterocycles. The molecule has 3 atom stereocenters. The number of hydrogen-bond acceptors (Lipinski definition) is 3. The molecule has 0 aliphatic heterocycles. The van der Waals surface area contributed by atoms with Gasteiger partial charge in [0, 0.05) is 13.0 Å². The van der Waals surface area contributed by atoms with Crippen molar-refractivity contribution in [2.75, 3.05) is 7.05 Å². The summed E-state index contributed by atoms with van der Waals surface area (Å²) in [5.41, 5.74) is 1.00. The summed E-state index contributed by atoms with van der Waals surface area (Å²) in [7, 11) is -2.11. The van der Waals surface area contributed by atoms with E-state index >= 15 is 0 Å². The van der Waals surface area contributed by atoms with Crippen molar-refractivity contribution < 1.29 is 13.2 Å². The molecule has 0 heterocycles. The Balaban J connectivity index is 2.30. The predicted molar refractivity (Wildman–Crippen MR) is 73.3 cm³/mol. The summed E-state index contributed by atoms with van der Waals surface area (Å²) in [6.07, 6.45) is 0. The zero-order chi connectivity index (χ0) is 14.4. The van der Waals surface area contributed by atoms with Gasteiger partial charge in [0.05, 0.1) is 10.9 Å². The minimum Gasteiger partial charge on any atom is -0.298 e. The van der Waals surface area contributed by atoms with Crippen LogP contribution in [-0.2, 0) is 14.8 Å². The van der Waals surface area contributed by atoms with E-state index in [1.165, 1.54) is 11.4 Å². The zero-order valence-corrected chi connectivity index (χ0v) is 12.4. The molecule has 0 N–H and O–H groups in total. The molecule has 1 aromatic carbocycles. The highest BCUT2D eigenvalue weighted by Gasteiger charge is 2.49. The Morgan fingerprint density at radius 1 is 1.11 bits per heavy atom. The molecule has 1 aliphatic rings. The van der Waals surface area contributed by atoms with E-state index in [0.717, 1.165) is 5.56 Å². The van der Waals surface area contributed by atoms with Crippen molar-refractivity contribution in [3.05, 3.63) is 29.8 Å². The van der Waals surface area contributed by atoms with Gasteiger partial charge in [-0.25, -0.2) is 8.42 Å². The van der Waals surface area contributed by atoms with Crippen molar-refractivity contribution in [3.8, 4) is 0 Å². The summed E-state index contributed by atoms with van der Waals surface area (Å²) in [6, 6.07) is 6.16. The molecule has 104 valence electrons. The number of Topliss-reactive ketones (excluding diaryl/α,β-unsaturated/α-hetero) is 1. The molecular formula is C14H19NO3S. The summed E-state index contributed by atoms with van der Waals surface area (Å²) in [5.74, 6) is 0.0177. The second-order valence-corrected chi connectivity index (χ2v) is 7.33. The van der Waals surface area contributed by atoms with Crippen molar-refractivity contribution in [1.82, 2.24) is 4.31 Å². The van der Waals surface area contributed by atoms with Crippen molar-refractivity contribution in [1.29, 1.82) is 0 Å². The molecule has 0 radical (unpaired) electrons. The number of rotatable bonds is 3. The molecule has 0 bridgehead atoms. The number of carbonyl (C=O) groups is 1. The first-order valence-corrected chi connectivity index (χ1v) is 7.79. The van der Waals surface area contributed by atoms with Gasteiger partial charge in [0.2, 0.25) is 10.0 Å². The fourth-order valence-electron chi connectivity index (χ4n) is 2.48. The van der Waals surface area contributed by atoms with Crippen LogP contribution in [0.5, 0.6) is 0 Å². The van der Waals surface area contributed by atoms with Crippen LogP contribution in [0, 0.1) is 18.8 Å². The highest BCUT2D eigenvalue weighted by Crippen LogP contribution is 2.35. The largest absolute Gasteiger partial charge is 0.298 e. The Kier molecular flexibility index (Phi) is 3.53. The van der Waals surface area contributed by atoms with Crippen molar-refractivity contribution in [2.45, 2.75) is 31.7 Å². The number of sulfonamides is 1. The van der Waals surface area contributed by atoms with Gasteiger partial charge in [-0.2, -0.15) is 4.31 Å². The molecule has 0 aromatic heterocycles. The third-order valence-electron chi connectivity index (χ3n) is 4.12. The molecular weight excluding hydrogens is 262 g/mol. The lowest BCUT2D eigenvalue weighted by Gasteiger charge is -2.43. The van der Waals surface area contributed by atoms with Crippen LogP contribution >= 0.6 is 0 Å². The molecule has 5 heteroatoms. The quantitative estimate of drug-likeness (QED) is 0.849. The van der Waals surface area contributed by atoms with E-state index in [0.29, 0.717) is 0 Å². The topological polar surface area (TPSA) is 54.5 Å². The number of ketones is 1. The lowest BCUT2D eigenvalue weighted by molar-refractivity contribution is -0.139. The van der Waals surface area contributed by atoms with Gasteiger partial charge in [0.1, 0.15) is 0 Å². The SMILES string of the molecule is Cc1ccc(S(=O)(=O)N(C)C2C(=O)[C@H](C)[C@@H]2C)cc1. The lowest BCUT2D eigenvalue weighted by Crippen LogP contribution is -2.59. The molecule has 4 nitrogen and oxygen atoms in total. The summed E-state index contributed by atoms with van der Waals surface area (Å²) >= 11 is 0. The highest BCUT2D eigenvalue weighted by molar-refractivity contribution is 7.89. The molecule has 2 rings (SSSR count). The number of likely N-dealkylation sites (N-methyl/N-ethyl adjacent to an activating group) is 1. The number of nitrogens with zero attached hydrogens (tertiary/aromatic N) is 1. The van der Waals surface area contributed by atoms with Gasteiger partial charge in [-0.15, -0.1) is 0 Å². The molecule has 19 heavy (non-hydrogen) atoms. The van der Waals surface area contributed by atoms with Gasteiger partial charge in [-0.1, -0.05) is 31.5 Å². The Labute approximate surface area is 114 Å². The first kappa shape index (κ1) is 14.2. The van der Waals surface area contributed by atoms with Gasteiger partial charge in [-0.3, -0.25) is 4.79 Å². The van der Waals surface area contributed by atoms with E-state index in [1.807, 2.05) is 20.8 Å². The van der Waals surface area contributed by atoms with Gasteiger partial charge >= 0.3 is 0 Å². The maximum absolute atomic E-state index is 12.4. The Hall–Kier alpha value is -1.20. The second kappa shape index (κ2) is 4.72. The summed E-state index contributed by atoms with van der Waals surface area (Å²) < 4.78 is 26.1. The number of benzene rings is 1. The maximum Gasteiger partial charge on any atom is 0.243 e. The van der Waals surface area contributed by atoms with Crippen LogP contribution in [0.15, 0.2) is 29.2 Å². The lowest BCUT2D eigenvalue weighted by atomic mass is 9.70. The molecule has 0 spiro atoms. The molecule has 1 fully saturated rings. The first-order valence-electron chi connectivity index (χ1n) is 6.35. The fraction of sp³-hybridized carbons (Fsp3) is 0.500. The monoisotopic (exact) mass is 281 g/mol. The van der Waals surface area contributed by atoms with E-state index in [2.05, 4.69) is 0 Å². The fourth-order valence-corrected chi connectivity index (χ4v) is 3.89. The Morgan fingerprint density at radius 3 is 2.11 bits per heavy atom. The average molecular weight is 281 g/mol. The smallest absolute Gasteiger partial charge is 0.243 e. The van der Waals surface area contributed by atoms with Crippen LogP contribution < -0.4 is 0 Å². The van der Waals surface area contributed by atoms with Crippen LogP contribution in [0.2, 0.25) is 0 Å². The van der Waals surface area contributed by atoms with Crippen LogP contribution in [-0.4, -0.2) is 31.6 Å². The Bertz CT molecular complexity index is 592. The summed E-state index contributed by atoms with van der Waals surface area (Å²) in [6.45, 7) is 5.66. The average Bonchev–Trinajstić information content (AvgIpc) is 2.38. The third kappa shape index (κ3) is 2.21. The van der Waals surface area contributed by atoms with E-state index in [-0.39, 0.29) is 22.5 Å².